The molecule has 3 rings (SSSR count). The van der Waals surface area contributed by atoms with E-state index < -0.39 is 0 Å². The zero-order valence-corrected chi connectivity index (χ0v) is 17.3. The zero-order chi connectivity index (χ0) is 20.2. The van der Waals surface area contributed by atoms with Crippen molar-refractivity contribution < 1.29 is 9.47 Å². The number of hydrogen-bond acceptors (Lipinski definition) is 7. The Hall–Kier alpha value is -2.38. The second-order valence-electron chi connectivity index (χ2n) is 6.45. The smallest absolute Gasteiger partial charge is 0.318 e. The van der Waals surface area contributed by atoms with Crippen molar-refractivity contribution in [3.8, 4) is 6.01 Å². The standard InChI is InChI=1S/C19H27N5O2.C2H6/c1-25-10-11-26-19-22-13-17(20)18(23-19)21-12-15-4-6-16(7-5-15)14-24-8-2-3-9-24;1-2/h4-7,13H,2-3,8-12,14,20H2,1H3,(H,21,22,23);1-2H3. The topological polar surface area (TPSA) is 85.5 Å². The number of nitrogen functional groups attached to an aromatic ring is 1. The maximum absolute atomic E-state index is 5.95. The van der Waals surface area contributed by atoms with E-state index in [1.165, 1.54) is 37.1 Å². The molecule has 0 aliphatic carbocycles. The number of nitrogens with one attached hydrogen (secondary N) is 1. The highest BCUT2D eigenvalue weighted by molar-refractivity contribution is 5.60. The van der Waals surface area contributed by atoms with Gasteiger partial charge in [-0.25, -0.2) is 4.98 Å². The minimum Gasteiger partial charge on any atom is -0.461 e. The Balaban J connectivity index is 0.00000136. The Morgan fingerprint density at radius 1 is 1.07 bits per heavy atom. The van der Waals surface area contributed by atoms with E-state index in [1.54, 1.807) is 13.3 Å². The monoisotopic (exact) mass is 387 g/mol. The molecule has 0 spiro atoms. The van der Waals surface area contributed by atoms with Crippen LogP contribution in [0.15, 0.2) is 30.5 Å². The van der Waals surface area contributed by atoms with Crippen LogP contribution in [0.5, 0.6) is 6.01 Å². The van der Waals surface area contributed by atoms with Crippen molar-refractivity contribution in [2.75, 3.05) is 44.5 Å². The molecule has 0 unspecified atom stereocenters. The second-order valence-corrected chi connectivity index (χ2v) is 6.45. The Labute approximate surface area is 168 Å². The van der Waals surface area contributed by atoms with E-state index >= 15 is 0 Å². The normalized spacial score (nSPS) is 13.7. The lowest BCUT2D eigenvalue weighted by molar-refractivity contribution is 0.141. The van der Waals surface area contributed by atoms with Gasteiger partial charge in [0.2, 0.25) is 0 Å². The summed E-state index contributed by atoms with van der Waals surface area (Å²) in [5.41, 5.74) is 8.97. The average Bonchev–Trinajstić information content (AvgIpc) is 3.24. The summed E-state index contributed by atoms with van der Waals surface area (Å²) in [6, 6.07) is 8.97. The third-order valence-corrected chi connectivity index (χ3v) is 4.40. The maximum atomic E-state index is 5.95. The molecule has 0 amide bonds. The third kappa shape index (κ3) is 6.98. The molecule has 0 saturated carbocycles. The predicted octanol–water partition coefficient (Wildman–Crippen LogP) is 3.32. The summed E-state index contributed by atoms with van der Waals surface area (Å²) in [7, 11) is 1.62. The van der Waals surface area contributed by atoms with Gasteiger partial charge in [-0.2, -0.15) is 4.98 Å². The maximum Gasteiger partial charge on any atom is 0.318 e. The van der Waals surface area contributed by atoms with Crippen molar-refractivity contribution in [2.24, 2.45) is 0 Å². The zero-order valence-electron chi connectivity index (χ0n) is 17.3. The van der Waals surface area contributed by atoms with Crippen LogP contribution < -0.4 is 15.8 Å². The van der Waals surface area contributed by atoms with E-state index in [0.29, 0.717) is 37.3 Å². The Morgan fingerprint density at radius 3 is 2.43 bits per heavy atom. The molecule has 7 nitrogen and oxygen atoms in total. The largest absolute Gasteiger partial charge is 0.461 e. The molecule has 3 N–H and O–H groups in total. The van der Waals surface area contributed by atoms with Crippen molar-refractivity contribution in [1.82, 2.24) is 14.9 Å². The summed E-state index contributed by atoms with van der Waals surface area (Å²) >= 11 is 0. The quantitative estimate of drug-likeness (QED) is 0.638. The highest BCUT2D eigenvalue weighted by atomic mass is 16.5. The van der Waals surface area contributed by atoms with Crippen LogP contribution >= 0.6 is 0 Å². The number of rotatable bonds is 9. The van der Waals surface area contributed by atoms with Gasteiger partial charge in [0, 0.05) is 20.2 Å². The van der Waals surface area contributed by atoms with Crippen molar-refractivity contribution >= 4 is 11.5 Å². The number of anilines is 2. The minimum atomic E-state index is 0.291. The van der Waals surface area contributed by atoms with Gasteiger partial charge in [0.15, 0.2) is 5.82 Å². The fourth-order valence-corrected chi connectivity index (χ4v) is 2.95. The molecule has 1 fully saturated rings. The van der Waals surface area contributed by atoms with Gasteiger partial charge in [-0.05, 0) is 37.1 Å². The van der Waals surface area contributed by atoms with E-state index in [9.17, 15) is 0 Å². The van der Waals surface area contributed by atoms with Gasteiger partial charge in [-0.3, -0.25) is 4.90 Å². The second kappa shape index (κ2) is 12.2. The van der Waals surface area contributed by atoms with Gasteiger partial charge in [0.25, 0.3) is 0 Å². The van der Waals surface area contributed by atoms with Gasteiger partial charge in [-0.15, -0.1) is 0 Å². The lowest BCUT2D eigenvalue weighted by Gasteiger charge is -2.15. The minimum absolute atomic E-state index is 0.291. The van der Waals surface area contributed by atoms with Crippen molar-refractivity contribution in [2.45, 2.75) is 39.8 Å². The summed E-state index contributed by atoms with van der Waals surface area (Å²) in [6.45, 7) is 8.99. The fraction of sp³-hybridized carbons (Fsp3) is 0.524. The summed E-state index contributed by atoms with van der Waals surface area (Å²) in [4.78, 5) is 10.9. The van der Waals surface area contributed by atoms with Crippen LogP contribution in [0.1, 0.15) is 37.8 Å². The van der Waals surface area contributed by atoms with Gasteiger partial charge in [0.05, 0.1) is 18.5 Å². The lowest BCUT2D eigenvalue weighted by Crippen LogP contribution is -2.18. The number of likely N-dealkylation sites (tertiary alicyclic amines) is 1. The Bertz CT molecular complexity index is 688. The first-order valence-electron chi connectivity index (χ1n) is 10.0. The molecule has 1 aromatic carbocycles. The molecule has 0 bridgehead atoms. The molecule has 7 heteroatoms. The van der Waals surface area contributed by atoms with Crippen LogP contribution in [0.3, 0.4) is 0 Å². The van der Waals surface area contributed by atoms with Gasteiger partial charge >= 0.3 is 6.01 Å². The number of benzene rings is 1. The predicted molar refractivity (Wildman–Crippen MR) is 113 cm³/mol. The first kappa shape index (κ1) is 21.9. The Kier molecular flexibility index (Phi) is 9.51. The highest BCUT2D eigenvalue weighted by Crippen LogP contribution is 2.18. The molecule has 154 valence electrons. The first-order chi connectivity index (χ1) is 13.7. The molecule has 2 aromatic rings. The van der Waals surface area contributed by atoms with Crippen LogP contribution in [0.4, 0.5) is 11.5 Å². The summed E-state index contributed by atoms with van der Waals surface area (Å²) in [5, 5.41) is 3.25. The van der Waals surface area contributed by atoms with E-state index in [4.69, 9.17) is 15.2 Å². The molecule has 0 atom stereocenters. The SMILES string of the molecule is CC.COCCOc1ncc(N)c(NCc2ccc(CN3CCCC3)cc2)n1. The van der Waals surface area contributed by atoms with Crippen LogP contribution in [-0.2, 0) is 17.8 Å². The first-order valence-corrected chi connectivity index (χ1v) is 10.0. The van der Waals surface area contributed by atoms with Crippen LogP contribution in [0.25, 0.3) is 0 Å². The molecule has 1 aromatic heterocycles. The molecule has 2 heterocycles. The summed E-state index contributed by atoms with van der Waals surface area (Å²) in [5.74, 6) is 0.577. The average molecular weight is 388 g/mol. The Morgan fingerprint density at radius 2 is 1.75 bits per heavy atom. The van der Waals surface area contributed by atoms with Crippen LogP contribution in [-0.4, -0.2) is 48.3 Å². The molecule has 1 saturated heterocycles. The van der Waals surface area contributed by atoms with E-state index in [-0.39, 0.29) is 0 Å². The van der Waals surface area contributed by atoms with E-state index in [1.807, 2.05) is 13.8 Å². The van der Waals surface area contributed by atoms with Crippen molar-refractivity contribution in [3.63, 3.8) is 0 Å². The fourth-order valence-electron chi connectivity index (χ4n) is 2.95. The summed E-state index contributed by atoms with van der Waals surface area (Å²) in [6.07, 6.45) is 4.19. The molecule has 1 aliphatic heterocycles. The van der Waals surface area contributed by atoms with E-state index in [2.05, 4.69) is 44.5 Å². The van der Waals surface area contributed by atoms with Crippen LogP contribution in [0, 0.1) is 0 Å². The van der Waals surface area contributed by atoms with Gasteiger partial charge < -0.3 is 20.5 Å². The molecule has 1 aliphatic rings. The number of aromatic nitrogens is 2. The molecular weight excluding hydrogens is 354 g/mol. The number of hydrogen-bond donors (Lipinski definition) is 2. The number of nitrogens with two attached hydrogens (primary N) is 1. The number of ether oxygens (including phenoxy) is 2. The molecule has 0 radical (unpaired) electrons. The lowest BCUT2D eigenvalue weighted by atomic mass is 10.1. The van der Waals surface area contributed by atoms with Gasteiger partial charge in [0.1, 0.15) is 6.61 Å². The third-order valence-electron chi connectivity index (χ3n) is 4.40. The number of methoxy groups -OCH3 is 1. The van der Waals surface area contributed by atoms with Crippen molar-refractivity contribution in [3.05, 3.63) is 41.6 Å². The molecule has 28 heavy (non-hydrogen) atoms. The van der Waals surface area contributed by atoms with Crippen LogP contribution in [0.2, 0.25) is 0 Å². The highest BCUT2D eigenvalue weighted by Gasteiger charge is 2.11. The van der Waals surface area contributed by atoms with Crippen molar-refractivity contribution in [1.29, 1.82) is 0 Å². The molecular formula is C21H33N5O2. The number of nitrogens with zero attached hydrogens (tertiary/aromatic N) is 3. The van der Waals surface area contributed by atoms with E-state index in [0.717, 1.165) is 6.54 Å². The van der Waals surface area contributed by atoms with Gasteiger partial charge in [-0.1, -0.05) is 38.1 Å². The summed E-state index contributed by atoms with van der Waals surface area (Å²) < 4.78 is 10.4.